The molecular weight excluding hydrogens is 254 g/mol. The molecule has 0 bridgehead atoms. The Morgan fingerprint density at radius 1 is 1.65 bits per heavy atom. The maximum Gasteiger partial charge on any atom is 0.0703 e. The fraction of sp³-hybridized carbons (Fsp3) is 0.538. The minimum atomic E-state index is 0.367. The van der Waals surface area contributed by atoms with Gasteiger partial charge < -0.3 is 4.74 Å². The molecule has 0 amide bonds. The second-order valence-electron chi connectivity index (χ2n) is 4.40. The van der Waals surface area contributed by atoms with Crippen molar-refractivity contribution in [2.24, 2.45) is 0 Å². The van der Waals surface area contributed by atoms with Crippen LogP contribution in [0.3, 0.4) is 0 Å². The second kappa shape index (κ2) is 6.55. The third-order valence-electron chi connectivity index (χ3n) is 2.84. The highest BCUT2D eigenvalue weighted by Gasteiger charge is 2.19. The highest BCUT2D eigenvalue weighted by atomic mass is 35.5. The van der Waals surface area contributed by atoms with E-state index in [0.29, 0.717) is 11.1 Å². The summed E-state index contributed by atoms with van der Waals surface area (Å²) in [6, 6.07) is 4.24. The van der Waals surface area contributed by atoms with Gasteiger partial charge in [0.25, 0.3) is 0 Å². The maximum absolute atomic E-state index is 5.92. The van der Waals surface area contributed by atoms with Gasteiger partial charge in [0.05, 0.1) is 6.10 Å². The van der Waals surface area contributed by atoms with Crippen molar-refractivity contribution in [2.45, 2.75) is 25.5 Å². The third-order valence-corrected chi connectivity index (χ3v) is 3.82. The monoisotopic (exact) mass is 271 g/mol. The number of ether oxygens (including phenoxy) is 1. The van der Waals surface area contributed by atoms with Crippen molar-refractivity contribution in [3.05, 3.63) is 34.0 Å². The molecule has 1 saturated heterocycles. The van der Waals surface area contributed by atoms with E-state index in [4.69, 9.17) is 16.3 Å². The molecule has 1 fully saturated rings. The van der Waals surface area contributed by atoms with Crippen LogP contribution in [0.25, 0.3) is 0 Å². The number of thiophene rings is 1. The predicted molar refractivity (Wildman–Crippen MR) is 73.6 cm³/mol. The van der Waals surface area contributed by atoms with Gasteiger partial charge in [-0.05, 0) is 24.3 Å². The zero-order chi connectivity index (χ0) is 12.1. The van der Waals surface area contributed by atoms with Crippen molar-refractivity contribution >= 4 is 22.9 Å². The molecule has 2 rings (SSSR count). The first kappa shape index (κ1) is 13.1. The SMILES string of the molecule is C=C(Cl)CN(Cc1cccs1)CC1CCCO1. The molecule has 2 nitrogen and oxygen atoms in total. The van der Waals surface area contributed by atoms with Gasteiger partial charge in [0.1, 0.15) is 0 Å². The van der Waals surface area contributed by atoms with Crippen molar-refractivity contribution in [3.63, 3.8) is 0 Å². The highest BCUT2D eigenvalue weighted by molar-refractivity contribution is 7.09. The largest absolute Gasteiger partial charge is 0.377 e. The number of nitrogens with zero attached hydrogens (tertiary/aromatic N) is 1. The van der Waals surface area contributed by atoms with Gasteiger partial charge in [-0.2, -0.15) is 0 Å². The van der Waals surface area contributed by atoms with Gasteiger partial charge >= 0.3 is 0 Å². The third kappa shape index (κ3) is 4.43. The summed E-state index contributed by atoms with van der Waals surface area (Å²) < 4.78 is 5.67. The summed E-state index contributed by atoms with van der Waals surface area (Å²) in [6.45, 7) is 7.30. The van der Waals surface area contributed by atoms with Gasteiger partial charge in [-0.1, -0.05) is 24.2 Å². The fourth-order valence-electron chi connectivity index (χ4n) is 2.13. The van der Waals surface area contributed by atoms with Crippen LogP contribution in [0.5, 0.6) is 0 Å². The van der Waals surface area contributed by atoms with E-state index in [9.17, 15) is 0 Å². The van der Waals surface area contributed by atoms with Crippen LogP contribution in [-0.4, -0.2) is 30.7 Å². The van der Waals surface area contributed by atoms with Gasteiger partial charge in [-0.25, -0.2) is 0 Å². The number of hydrogen-bond donors (Lipinski definition) is 0. The van der Waals surface area contributed by atoms with Crippen LogP contribution < -0.4 is 0 Å². The first-order valence-corrected chi connectivity index (χ1v) is 7.19. The molecule has 2 heterocycles. The van der Waals surface area contributed by atoms with Crippen molar-refractivity contribution in [2.75, 3.05) is 19.7 Å². The van der Waals surface area contributed by atoms with Gasteiger partial charge in [-0.3, -0.25) is 4.90 Å². The fourth-order valence-corrected chi connectivity index (χ4v) is 3.04. The quantitative estimate of drug-likeness (QED) is 0.785. The van der Waals surface area contributed by atoms with E-state index in [2.05, 4.69) is 29.0 Å². The van der Waals surface area contributed by atoms with E-state index in [0.717, 1.165) is 32.7 Å². The lowest BCUT2D eigenvalue weighted by Crippen LogP contribution is -2.32. The van der Waals surface area contributed by atoms with Crippen LogP contribution in [0.2, 0.25) is 0 Å². The Kier molecular flexibility index (Phi) is 5.04. The van der Waals surface area contributed by atoms with Gasteiger partial charge in [0.2, 0.25) is 0 Å². The van der Waals surface area contributed by atoms with Crippen LogP contribution in [-0.2, 0) is 11.3 Å². The average molecular weight is 272 g/mol. The minimum absolute atomic E-state index is 0.367. The maximum atomic E-state index is 5.92. The Hall–Kier alpha value is -0.350. The molecule has 1 aromatic heterocycles. The Bertz CT molecular complexity index is 346. The predicted octanol–water partition coefficient (Wildman–Crippen LogP) is 3.48. The number of hydrogen-bond acceptors (Lipinski definition) is 3. The molecule has 0 radical (unpaired) electrons. The van der Waals surface area contributed by atoms with Crippen LogP contribution >= 0.6 is 22.9 Å². The van der Waals surface area contributed by atoms with Crippen molar-refractivity contribution < 1.29 is 4.74 Å². The summed E-state index contributed by atoms with van der Waals surface area (Å²) in [5, 5.41) is 2.80. The average Bonchev–Trinajstić information content (AvgIpc) is 2.89. The van der Waals surface area contributed by atoms with E-state index in [1.807, 2.05) is 0 Å². The van der Waals surface area contributed by atoms with Crippen LogP contribution in [0.1, 0.15) is 17.7 Å². The molecule has 0 spiro atoms. The van der Waals surface area contributed by atoms with Crippen LogP contribution in [0.4, 0.5) is 0 Å². The summed E-state index contributed by atoms with van der Waals surface area (Å²) in [5.41, 5.74) is 0. The lowest BCUT2D eigenvalue weighted by atomic mass is 10.2. The first-order chi connectivity index (χ1) is 8.24. The van der Waals surface area contributed by atoms with Crippen LogP contribution in [0, 0.1) is 0 Å². The van der Waals surface area contributed by atoms with Gasteiger partial charge in [0.15, 0.2) is 0 Å². The van der Waals surface area contributed by atoms with E-state index in [1.54, 1.807) is 11.3 Å². The van der Waals surface area contributed by atoms with E-state index >= 15 is 0 Å². The summed E-state index contributed by atoms with van der Waals surface area (Å²) in [4.78, 5) is 3.68. The van der Waals surface area contributed by atoms with Crippen molar-refractivity contribution in [1.82, 2.24) is 4.90 Å². The summed E-state index contributed by atoms with van der Waals surface area (Å²) >= 11 is 7.71. The molecule has 0 saturated carbocycles. The molecular formula is C13H18ClNOS. The molecule has 0 aliphatic carbocycles. The molecule has 1 atom stereocenters. The smallest absolute Gasteiger partial charge is 0.0703 e. The lowest BCUT2D eigenvalue weighted by molar-refractivity contribution is 0.0746. The topological polar surface area (TPSA) is 12.5 Å². The van der Waals surface area contributed by atoms with Crippen LogP contribution in [0.15, 0.2) is 29.1 Å². The standard InChI is InChI=1S/C13H18ClNOS/c1-11(14)8-15(9-12-4-2-6-16-12)10-13-5-3-7-17-13/h3,5,7,12H,1-2,4,6,8-10H2. The Morgan fingerprint density at radius 2 is 2.53 bits per heavy atom. The molecule has 1 unspecified atom stereocenters. The zero-order valence-corrected chi connectivity index (χ0v) is 11.5. The minimum Gasteiger partial charge on any atom is -0.377 e. The molecule has 0 aromatic carbocycles. The summed E-state index contributed by atoms with van der Waals surface area (Å²) in [7, 11) is 0. The summed E-state index contributed by atoms with van der Waals surface area (Å²) in [5.74, 6) is 0. The summed E-state index contributed by atoms with van der Waals surface area (Å²) in [6.07, 6.45) is 2.71. The van der Waals surface area contributed by atoms with E-state index < -0.39 is 0 Å². The normalized spacial score (nSPS) is 20.0. The number of halogens is 1. The number of rotatable bonds is 6. The molecule has 94 valence electrons. The van der Waals surface area contributed by atoms with Gasteiger partial charge in [-0.15, -0.1) is 11.3 Å². The molecule has 1 aliphatic heterocycles. The van der Waals surface area contributed by atoms with E-state index in [-0.39, 0.29) is 0 Å². The molecule has 0 N–H and O–H groups in total. The van der Waals surface area contributed by atoms with Gasteiger partial charge in [0, 0.05) is 36.2 Å². The van der Waals surface area contributed by atoms with E-state index in [1.165, 1.54) is 11.3 Å². The molecule has 1 aliphatic rings. The Morgan fingerprint density at radius 3 is 3.12 bits per heavy atom. The highest BCUT2D eigenvalue weighted by Crippen LogP contribution is 2.18. The first-order valence-electron chi connectivity index (χ1n) is 5.93. The van der Waals surface area contributed by atoms with Crippen molar-refractivity contribution in [3.8, 4) is 0 Å². The Balaban J connectivity index is 1.89. The molecule has 17 heavy (non-hydrogen) atoms. The lowest BCUT2D eigenvalue weighted by Gasteiger charge is -2.24. The molecule has 4 heteroatoms. The second-order valence-corrected chi connectivity index (χ2v) is 5.97. The Labute approximate surface area is 112 Å². The van der Waals surface area contributed by atoms with Crippen molar-refractivity contribution in [1.29, 1.82) is 0 Å². The molecule has 1 aromatic rings. The zero-order valence-electron chi connectivity index (χ0n) is 9.90.